The first-order valence-electron chi connectivity index (χ1n) is 9.05. The van der Waals surface area contributed by atoms with Gasteiger partial charge in [0.2, 0.25) is 0 Å². The lowest BCUT2D eigenvalue weighted by Gasteiger charge is -2.35. The maximum absolute atomic E-state index is 12.9. The van der Waals surface area contributed by atoms with Crippen molar-refractivity contribution >= 4 is 17.2 Å². The van der Waals surface area contributed by atoms with Crippen molar-refractivity contribution in [3.05, 3.63) is 51.7 Å². The number of nitrogens with zero attached hydrogens (tertiary/aromatic N) is 1. The molecule has 0 spiro atoms. The summed E-state index contributed by atoms with van der Waals surface area (Å²) in [6.45, 7) is -0.971. The van der Waals surface area contributed by atoms with Gasteiger partial charge in [-0.25, -0.2) is 0 Å². The van der Waals surface area contributed by atoms with E-state index in [9.17, 15) is 26.7 Å². The summed E-state index contributed by atoms with van der Waals surface area (Å²) in [7, 11) is 0. The van der Waals surface area contributed by atoms with E-state index in [4.69, 9.17) is 4.74 Å². The van der Waals surface area contributed by atoms with Crippen LogP contribution < -0.4 is 10.1 Å². The molecule has 0 radical (unpaired) electrons. The van der Waals surface area contributed by atoms with E-state index in [0.29, 0.717) is 31.9 Å². The van der Waals surface area contributed by atoms with Gasteiger partial charge in [-0.15, -0.1) is 11.3 Å². The van der Waals surface area contributed by atoms with Crippen LogP contribution in [-0.2, 0) is 10.9 Å². The molecule has 1 saturated heterocycles. The highest BCUT2D eigenvalue weighted by atomic mass is 32.1. The number of nitrogens with one attached hydrogen (secondary N) is 1. The molecular formula is C19H19F5N2O3S. The highest BCUT2D eigenvalue weighted by Gasteiger charge is 2.31. The number of amides is 1. The number of thiophene rings is 1. The van der Waals surface area contributed by atoms with Gasteiger partial charge in [-0.2, -0.15) is 22.0 Å². The summed E-state index contributed by atoms with van der Waals surface area (Å²) in [5.74, 6) is -0.809. The van der Waals surface area contributed by atoms with Crippen LogP contribution in [0.1, 0.15) is 26.8 Å². The van der Waals surface area contributed by atoms with Crippen molar-refractivity contribution in [3.8, 4) is 5.75 Å². The molecule has 2 aromatic rings. The second-order valence-electron chi connectivity index (χ2n) is 6.49. The van der Waals surface area contributed by atoms with Crippen LogP contribution in [0, 0.1) is 0 Å². The summed E-state index contributed by atoms with van der Waals surface area (Å²) < 4.78 is 73.2. The van der Waals surface area contributed by atoms with Gasteiger partial charge in [0.05, 0.1) is 24.8 Å². The fourth-order valence-corrected chi connectivity index (χ4v) is 3.90. The molecule has 1 fully saturated rings. The molecule has 1 amide bonds. The van der Waals surface area contributed by atoms with Gasteiger partial charge in [0.25, 0.3) is 5.91 Å². The molecule has 5 nitrogen and oxygen atoms in total. The van der Waals surface area contributed by atoms with E-state index >= 15 is 0 Å². The van der Waals surface area contributed by atoms with Crippen LogP contribution in [0.15, 0.2) is 35.7 Å². The topological polar surface area (TPSA) is 50.8 Å². The lowest BCUT2D eigenvalue weighted by molar-refractivity contribution is -0.137. The van der Waals surface area contributed by atoms with Crippen molar-refractivity contribution in [2.24, 2.45) is 0 Å². The van der Waals surface area contributed by atoms with Gasteiger partial charge in [0.1, 0.15) is 10.6 Å². The summed E-state index contributed by atoms with van der Waals surface area (Å²) in [6.07, 6.45) is -4.44. The predicted molar refractivity (Wildman–Crippen MR) is 99.9 cm³/mol. The first-order valence-corrected chi connectivity index (χ1v) is 9.93. The molecule has 1 aliphatic rings. The van der Waals surface area contributed by atoms with Gasteiger partial charge in [-0.3, -0.25) is 9.69 Å². The second kappa shape index (κ2) is 9.71. The Balaban J connectivity index is 1.75. The van der Waals surface area contributed by atoms with E-state index in [1.165, 1.54) is 23.6 Å². The Bertz CT molecular complexity index is 835. The number of ether oxygens (including phenoxy) is 2. The lowest BCUT2D eigenvalue weighted by atomic mass is 10.0. The molecule has 2 heterocycles. The van der Waals surface area contributed by atoms with Crippen LogP contribution in [0.5, 0.6) is 5.75 Å². The van der Waals surface area contributed by atoms with Crippen LogP contribution in [-0.4, -0.2) is 50.3 Å². The van der Waals surface area contributed by atoms with Crippen molar-refractivity contribution in [2.45, 2.75) is 18.8 Å². The highest BCUT2D eigenvalue weighted by molar-refractivity contribution is 7.12. The summed E-state index contributed by atoms with van der Waals surface area (Å²) in [5, 5.41) is 4.14. The summed E-state index contributed by atoms with van der Waals surface area (Å²) >= 11 is 0.958. The molecule has 0 aliphatic carbocycles. The number of hydrogen-bond donors (Lipinski definition) is 1. The molecule has 0 bridgehead atoms. The highest BCUT2D eigenvalue weighted by Crippen LogP contribution is 2.31. The van der Waals surface area contributed by atoms with Gasteiger partial charge in [0.15, 0.2) is 0 Å². The zero-order valence-electron chi connectivity index (χ0n) is 15.6. The Morgan fingerprint density at radius 1 is 1.17 bits per heavy atom. The maximum atomic E-state index is 12.9. The van der Waals surface area contributed by atoms with Crippen LogP contribution in [0.25, 0.3) is 0 Å². The predicted octanol–water partition coefficient (Wildman–Crippen LogP) is 4.17. The standard InChI is InChI=1S/C19H19F5N2O3S/c20-18(21)29-15-5-10-30-16(15)17(27)25-11-14(26-6-8-28-9-7-26)12-1-3-13(4-2-12)19(22,23)24/h1-5,10,14,18H,6-9,11H2,(H,25,27). The number of benzene rings is 1. The molecule has 11 heteroatoms. The molecule has 1 aromatic carbocycles. The minimum absolute atomic E-state index is 0.00319. The number of hydrogen-bond acceptors (Lipinski definition) is 5. The zero-order chi connectivity index (χ0) is 21.7. The molecule has 30 heavy (non-hydrogen) atoms. The van der Waals surface area contributed by atoms with Crippen molar-refractivity contribution in [3.63, 3.8) is 0 Å². The fourth-order valence-electron chi connectivity index (χ4n) is 3.16. The van der Waals surface area contributed by atoms with Crippen LogP contribution in [0.2, 0.25) is 0 Å². The molecule has 164 valence electrons. The molecule has 1 N–H and O–H groups in total. The van der Waals surface area contributed by atoms with E-state index in [2.05, 4.69) is 10.1 Å². The Kier molecular flexibility index (Phi) is 7.27. The first kappa shape index (κ1) is 22.4. The average molecular weight is 450 g/mol. The molecule has 1 aliphatic heterocycles. The van der Waals surface area contributed by atoms with E-state index in [-0.39, 0.29) is 17.2 Å². The fraction of sp³-hybridized carbons (Fsp3) is 0.421. The maximum Gasteiger partial charge on any atom is 0.416 e. The van der Waals surface area contributed by atoms with Gasteiger partial charge in [-0.05, 0) is 29.1 Å². The molecule has 1 unspecified atom stereocenters. The number of morpholine rings is 1. The van der Waals surface area contributed by atoms with Gasteiger partial charge in [0, 0.05) is 19.6 Å². The number of carbonyl (C=O) groups excluding carboxylic acids is 1. The Labute approximate surface area is 173 Å². The minimum Gasteiger partial charge on any atom is -0.433 e. The van der Waals surface area contributed by atoms with Crippen molar-refractivity contribution in [1.82, 2.24) is 10.2 Å². The summed E-state index contributed by atoms with van der Waals surface area (Å²) in [5.41, 5.74) is -0.163. The van der Waals surface area contributed by atoms with E-state index in [1.54, 1.807) is 0 Å². The molecule has 1 aromatic heterocycles. The second-order valence-corrected chi connectivity index (χ2v) is 7.40. The zero-order valence-corrected chi connectivity index (χ0v) is 16.4. The number of alkyl halides is 5. The van der Waals surface area contributed by atoms with E-state index in [1.807, 2.05) is 4.90 Å². The SMILES string of the molecule is O=C(NCC(c1ccc(C(F)(F)F)cc1)N1CCOCC1)c1sccc1OC(F)F. The number of halogens is 5. The smallest absolute Gasteiger partial charge is 0.416 e. The number of rotatable bonds is 7. The van der Waals surface area contributed by atoms with Crippen LogP contribution in [0.4, 0.5) is 22.0 Å². The third-order valence-electron chi connectivity index (χ3n) is 4.62. The normalized spacial score (nSPS) is 16.5. The molecule has 1 atom stereocenters. The molecule has 3 rings (SSSR count). The van der Waals surface area contributed by atoms with E-state index in [0.717, 1.165) is 23.5 Å². The van der Waals surface area contributed by atoms with Crippen LogP contribution in [0.3, 0.4) is 0 Å². The largest absolute Gasteiger partial charge is 0.433 e. The van der Waals surface area contributed by atoms with Crippen LogP contribution >= 0.6 is 11.3 Å². The third-order valence-corrected chi connectivity index (χ3v) is 5.51. The van der Waals surface area contributed by atoms with E-state index < -0.39 is 30.3 Å². The molecule has 0 saturated carbocycles. The summed E-state index contributed by atoms with van der Waals surface area (Å²) in [6, 6.07) is 5.63. The first-order chi connectivity index (χ1) is 14.3. The monoisotopic (exact) mass is 450 g/mol. The number of carbonyl (C=O) groups is 1. The Morgan fingerprint density at radius 2 is 1.83 bits per heavy atom. The van der Waals surface area contributed by atoms with Gasteiger partial charge in [-0.1, -0.05) is 12.1 Å². The van der Waals surface area contributed by atoms with Gasteiger partial charge < -0.3 is 14.8 Å². The van der Waals surface area contributed by atoms with Crippen molar-refractivity contribution in [2.75, 3.05) is 32.8 Å². The lowest BCUT2D eigenvalue weighted by Crippen LogP contribution is -2.43. The minimum atomic E-state index is -4.44. The van der Waals surface area contributed by atoms with Crippen molar-refractivity contribution < 1.29 is 36.2 Å². The Morgan fingerprint density at radius 3 is 2.43 bits per heavy atom. The van der Waals surface area contributed by atoms with Crippen molar-refractivity contribution in [1.29, 1.82) is 0 Å². The quantitative estimate of drug-likeness (QED) is 0.644. The Hall–Kier alpha value is -2.24. The summed E-state index contributed by atoms with van der Waals surface area (Å²) in [4.78, 5) is 14.5. The third kappa shape index (κ3) is 5.67. The average Bonchev–Trinajstić information content (AvgIpc) is 3.16. The molecular weight excluding hydrogens is 431 g/mol. The van der Waals surface area contributed by atoms with Gasteiger partial charge >= 0.3 is 12.8 Å².